The molecule has 1 aromatic carbocycles. The number of rotatable bonds is 5. The first-order valence-corrected chi connectivity index (χ1v) is 8.02. The highest BCUT2D eigenvalue weighted by Crippen LogP contribution is 2.35. The number of imide groups is 1. The first-order valence-electron chi connectivity index (χ1n) is 8.02. The second-order valence-corrected chi connectivity index (χ2v) is 6.41. The summed E-state index contributed by atoms with van der Waals surface area (Å²) in [5, 5.41) is 12.9. The number of amides is 3. The third-order valence-electron chi connectivity index (χ3n) is 4.56. The number of hydrogen-bond donors (Lipinski definition) is 2. The maximum atomic E-state index is 12.5. The lowest BCUT2D eigenvalue weighted by Gasteiger charge is -2.21. The highest BCUT2D eigenvalue weighted by Gasteiger charge is 2.52. The Morgan fingerprint density at radius 1 is 1.26 bits per heavy atom. The zero-order chi connectivity index (χ0) is 16.4. The largest absolute Gasteiger partial charge is 0.491 e. The van der Waals surface area contributed by atoms with Crippen molar-refractivity contribution in [2.75, 3.05) is 13.2 Å². The van der Waals surface area contributed by atoms with Gasteiger partial charge in [-0.1, -0.05) is 30.5 Å². The molecule has 2 fully saturated rings. The number of ether oxygens (including phenoxy) is 1. The number of benzene rings is 1. The summed E-state index contributed by atoms with van der Waals surface area (Å²) in [6.07, 6.45) is 2.34. The third-order valence-corrected chi connectivity index (χ3v) is 4.56. The summed E-state index contributed by atoms with van der Waals surface area (Å²) in [6, 6.07) is 7.07. The van der Waals surface area contributed by atoms with Gasteiger partial charge >= 0.3 is 6.03 Å². The zero-order valence-corrected chi connectivity index (χ0v) is 13.2. The van der Waals surface area contributed by atoms with Crippen LogP contribution in [0, 0.1) is 6.92 Å². The van der Waals surface area contributed by atoms with Crippen LogP contribution in [0.5, 0.6) is 5.75 Å². The predicted molar refractivity (Wildman–Crippen MR) is 84.1 cm³/mol. The van der Waals surface area contributed by atoms with Crippen LogP contribution in [0.4, 0.5) is 4.79 Å². The van der Waals surface area contributed by atoms with Gasteiger partial charge in [0.05, 0.1) is 6.54 Å². The molecule has 0 aromatic heterocycles. The van der Waals surface area contributed by atoms with Gasteiger partial charge < -0.3 is 15.2 Å². The number of aliphatic hydroxyl groups excluding tert-OH is 1. The summed E-state index contributed by atoms with van der Waals surface area (Å²) in [5.74, 6) is 0.438. The fourth-order valence-electron chi connectivity index (χ4n) is 3.25. The Morgan fingerprint density at radius 2 is 1.91 bits per heavy atom. The number of β-amino-alcohol motifs (C(OH)–C–C–N with tert-alkyl or cyclic N) is 1. The molecule has 1 spiro atoms. The van der Waals surface area contributed by atoms with E-state index in [-0.39, 0.29) is 19.1 Å². The van der Waals surface area contributed by atoms with Crippen LogP contribution >= 0.6 is 0 Å². The number of carbonyl (C=O) groups excluding carboxylic acids is 2. The fraction of sp³-hybridized carbons (Fsp3) is 0.529. The van der Waals surface area contributed by atoms with Crippen molar-refractivity contribution in [1.82, 2.24) is 10.2 Å². The highest BCUT2D eigenvalue weighted by atomic mass is 16.5. The predicted octanol–water partition coefficient (Wildman–Crippen LogP) is 1.60. The number of aryl methyl sites for hydroxylation is 1. The average Bonchev–Trinajstić information content (AvgIpc) is 3.08. The second-order valence-electron chi connectivity index (χ2n) is 6.41. The van der Waals surface area contributed by atoms with Crippen molar-refractivity contribution in [3.05, 3.63) is 29.8 Å². The van der Waals surface area contributed by atoms with Gasteiger partial charge in [-0.05, 0) is 31.9 Å². The van der Waals surface area contributed by atoms with Crippen LogP contribution < -0.4 is 10.1 Å². The maximum absolute atomic E-state index is 12.5. The molecule has 3 rings (SSSR count). The van der Waals surface area contributed by atoms with Crippen molar-refractivity contribution in [1.29, 1.82) is 0 Å². The summed E-state index contributed by atoms with van der Waals surface area (Å²) in [7, 11) is 0. The standard InChI is InChI=1S/C17H22N2O4/c1-12-4-6-14(7-5-12)23-11-13(20)10-19-15(21)17(18-16(19)22)8-2-3-9-17/h4-7,13,20H,2-3,8-11H2,1H3,(H,18,22)/t13-/m0/s1. The Bertz CT molecular complexity index is 593. The number of hydrogen-bond acceptors (Lipinski definition) is 4. The van der Waals surface area contributed by atoms with Crippen LogP contribution in [0.2, 0.25) is 0 Å². The highest BCUT2D eigenvalue weighted by molar-refractivity contribution is 6.07. The van der Waals surface area contributed by atoms with Gasteiger partial charge in [0.1, 0.15) is 24.0 Å². The molecule has 6 nitrogen and oxygen atoms in total. The molecular weight excluding hydrogens is 296 g/mol. The summed E-state index contributed by atoms with van der Waals surface area (Å²) < 4.78 is 5.50. The van der Waals surface area contributed by atoms with Gasteiger partial charge in [-0.15, -0.1) is 0 Å². The van der Waals surface area contributed by atoms with Crippen LogP contribution in [-0.4, -0.2) is 46.7 Å². The zero-order valence-electron chi connectivity index (χ0n) is 13.2. The van der Waals surface area contributed by atoms with Gasteiger partial charge in [0, 0.05) is 0 Å². The van der Waals surface area contributed by atoms with Gasteiger partial charge in [0.15, 0.2) is 0 Å². The number of carbonyl (C=O) groups is 2. The Morgan fingerprint density at radius 3 is 2.57 bits per heavy atom. The molecule has 124 valence electrons. The van der Waals surface area contributed by atoms with Crippen molar-refractivity contribution >= 4 is 11.9 Å². The molecule has 1 aliphatic heterocycles. The van der Waals surface area contributed by atoms with E-state index in [1.54, 1.807) is 0 Å². The molecule has 2 aliphatic rings. The van der Waals surface area contributed by atoms with Gasteiger partial charge in [0.2, 0.25) is 0 Å². The molecule has 0 bridgehead atoms. The van der Waals surface area contributed by atoms with Crippen molar-refractivity contribution in [3.63, 3.8) is 0 Å². The molecule has 0 unspecified atom stereocenters. The van der Waals surface area contributed by atoms with Gasteiger partial charge in [-0.3, -0.25) is 9.69 Å². The van der Waals surface area contributed by atoms with Gasteiger partial charge in [-0.2, -0.15) is 0 Å². The minimum Gasteiger partial charge on any atom is -0.491 e. The van der Waals surface area contributed by atoms with Crippen LogP contribution in [-0.2, 0) is 4.79 Å². The second kappa shape index (κ2) is 6.20. The quantitative estimate of drug-likeness (QED) is 0.808. The van der Waals surface area contributed by atoms with Crippen molar-refractivity contribution in [2.24, 2.45) is 0 Å². The molecule has 1 aliphatic carbocycles. The van der Waals surface area contributed by atoms with E-state index in [9.17, 15) is 14.7 Å². The average molecular weight is 318 g/mol. The molecule has 1 atom stereocenters. The Balaban J connectivity index is 1.55. The van der Waals surface area contributed by atoms with E-state index in [4.69, 9.17) is 4.74 Å². The van der Waals surface area contributed by atoms with Crippen molar-refractivity contribution in [3.8, 4) is 5.75 Å². The lowest BCUT2D eigenvalue weighted by atomic mass is 9.98. The van der Waals surface area contributed by atoms with Gasteiger partial charge in [-0.25, -0.2) is 4.79 Å². The van der Waals surface area contributed by atoms with Crippen LogP contribution in [0.15, 0.2) is 24.3 Å². The van der Waals surface area contributed by atoms with Crippen LogP contribution in [0.25, 0.3) is 0 Å². The molecular formula is C17H22N2O4. The molecule has 3 amide bonds. The van der Waals surface area contributed by atoms with Gasteiger partial charge in [0.25, 0.3) is 5.91 Å². The summed E-state index contributed by atoms with van der Waals surface area (Å²) in [5.41, 5.74) is 0.397. The Labute approximate surface area is 135 Å². The molecule has 23 heavy (non-hydrogen) atoms. The van der Waals surface area contributed by atoms with E-state index < -0.39 is 17.7 Å². The molecule has 1 saturated carbocycles. The summed E-state index contributed by atoms with van der Waals surface area (Å²) in [6.45, 7) is 1.97. The monoisotopic (exact) mass is 318 g/mol. The number of aliphatic hydroxyl groups is 1. The van der Waals surface area contributed by atoms with E-state index in [0.717, 1.165) is 23.3 Å². The van der Waals surface area contributed by atoms with Crippen LogP contribution in [0.1, 0.15) is 31.2 Å². The van der Waals surface area contributed by atoms with Crippen LogP contribution in [0.3, 0.4) is 0 Å². The molecule has 0 radical (unpaired) electrons. The molecule has 1 aromatic rings. The normalized spacial score (nSPS) is 20.9. The van der Waals surface area contributed by atoms with Crippen molar-refractivity contribution in [2.45, 2.75) is 44.2 Å². The Kier molecular flexibility index (Phi) is 4.26. The summed E-state index contributed by atoms with van der Waals surface area (Å²) >= 11 is 0. The minimum atomic E-state index is -0.914. The first kappa shape index (κ1) is 15.8. The van der Waals surface area contributed by atoms with Crippen molar-refractivity contribution < 1.29 is 19.4 Å². The molecule has 1 heterocycles. The molecule has 2 N–H and O–H groups in total. The Hall–Kier alpha value is -2.08. The van der Waals surface area contributed by atoms with E-state index >= 15 is 0 Å². The fourth-order valence-corrected chi connectivity index (χ4v) is 3.25. The maximum Gasteiger partial charge on any atom is 0.325 e. The lowest BCUT2D eigenvalue weighted by Crippen LogP contribution is -2.45. The smallest absolute Gasteiger partial charge is 0.325 e. The van der Waals surface area contributed by atoms with E-state index in [1.807, 2.05) is 31.2 Å². The number of nitrogens with one attached hydrogen (secondary N) is 1. The molecule has 1 saturated heterocycles. The van der Waals surface area contributed by atoms with E-state index in [2.05, 4.69) is 5.32 Å². The summed E-state index contributed by atoms with van der Waals surface area (Å²) in [4.78, 5) is 25.6. The molecule has 6 heteroatoms. The minimum absolute atomic E-state index is 0.0348. The SMILES string of the molecule is Cc1ccc(OC[C@@H](O)CN2C(=O)NC3(CCCC3)C2=O)cc1. The lowest BCUT2D eigenvalue weighted by molar-refractivity contribution is -0.132. The third kappa shape index (κ3) is 3.17. The van der Waals surface area contributed by atoms with E-state index in [0.29, 0.717) is 18.6 Å². The number of urea groups is 1. The first-order chi connectivity index (χ1) is 11.0. The number of nitrogens with zero attached hydrogens (tertiary/aromatic N) is 1. The van der Waals surface area contributed by atoms with E-state index in [1.165, 1.54) is 0 Å². The topological polar surface area (TPSA) is 78.9 Å².